The maximum atomic E-state index is 13.4. The quantitative estimate of drug-likeness (QED) is 0.476. The molecule has 3 atom stereocenters. The lowest BCUT2D eigenvalue weighted by Gasteiger charge is -2.39. The Morgan fingerprint density at radius 1 is 1.06 bits per heavy atom. The molecule has 1 unspecified atom stereocenters. The van der Waals surface area contributed by atoms with E-state index in [9.17, 15) is 9.59 Å². The second-order valence-electron chi connectivity index (χ2n) is 10.9. The van der Waals surface area contributed by atoms with Crippen LogP contribution in [0.4, 0.5) is 4.79 Å². The number of nitrogens with one attached hydrogen (secondary N) is 1. The van der Waals surface area contributed by atoms with Crippen molar-refractivity contribution in [3.05, 3.63) is 65.4 Å². The number of ether oxygens (including phenoxy) is 2. The fourth-order valence-corrected chi connectivity index (χ4v) is 5.48. The third-order valence-electron chi connectivity index (χ3n) is 6.98. The molecule has 190 valence electrons. The Kier molecular flexibility index (Phi) is 6.41. The van der Waals surface area contributed by atoms with Crippen molar-refractivity contribution >= 4 is 23.0 Å². The molecule has 2 aliphatic heterocycles. The molecular weight excluding hydrogens is 456 g/mol. The van der Waals surface area contributed by atoms with Crippen LogP contribution in [0.5, 0.6) is 5.75 Å². The second kappa shape index (κ2) is 9.52. The minimum atomic E-state index is -0.523. The molecule has 0 aliphatic carbocycles. The molecular formula is C29H34N2O5. The number of nitrogens with zero attached hydrogens (tertiary/aromatic N) is 1. The van der Waals surface area contributed by atoms with Gasteiger partial charge in [0.15, 0.2) is 0 Å². The molecule has 2 aliphatic rings. The minimum absolute atomic E-state index is 0.00412. The summed E-state index contributed by atoms with van der Waals surface area (Å²) in [6.07, 6.45) is 3.07. The Morgan fingerprint density at radius 3 is 2.42 bits per heavy atom. The molecule has 0 spiro atoms. The molecule has 3 heterocycles. The number of aryl methyl sites for hydroxylation is 1. The van der Waals surface area contributed by atoms with E-state index < -0.39 is 5.60 Å². The third-order valence-corrected chi connectivity index (χ3v) is 6.98. The number of fused-ring (bicyclic) bond motifs is 3. The van der Waals surface area contributed by atoms with Gasteiger partial charge in [-0.25, -0.2) is 4.79 Å². The topological polar surface area (TPSA) is 81.0 Å². The standard InChI is InChI=1S/C29H34N2O5/c1-18-26(24-16-23(12-13-25(24)35-18)34-17-19-8-6-5-7-9-19)27(32)30-20-14-21-10-11-22(15-20)31(21)28(33)36-29(2,3)4/h5-9,12-13,16,20-22H,10-11,14-15,17H2,1-4H3,(H,30,32)/t20-,21-,22?/m1/s1. The van der Waals surface area contributed by atoms with Crippen molar-refractivity contribution in [2.75, 3.05) is 0 Å². The zero-order valence-electron chi connectivity index (χ0n) is 21.4. The first-order valence-corrected chi connectivity index (χ1v) is 12.7. The summed E-state index contributed by atoms with van der Waals surface area (Å²) in [6.45, 7) is 7.92. The fourth-order valence-electron chi connectivity index (χ4n) is 5.48. The van der Waals surface area contributed by atoms with Crippen molar-refractivity contribution in [2.45, 2.75) is 83.7 Å². The first-order chi connectivity index (χ1) is 17.2. The maximum Gasteiger partial charge on any atom is 0.410 e. The van der Waals surface area contributed by atoms with Gasteiger partial charge in [0.25, 0.3) is 5.91 Å². The first kappa shape index (κ1) is 24.2. The Labute approximate surface area is 211 Å². The summed E-state index contributed by atoms with van der Waals surface area (Å²) in [7, 11) is 0. The van der Waals surface area contributed by atoms with Crippen molar-refractivity contribution in [1.82, 2.24) is 10.2 Å². The average molecular weight is 491 g/mol. The highest BCUT2D eigenvalue weighted by Crippen LogP contribution is 2.37. The number of benzene rings is 2. The number of rotatable bonds is 5. The van der Waals surface area contributed by atoms with Crippen molar-refractivity contribution < 1.29 is 23.5 Å². The van der Waals surface area contributed by atoms with Gasteiger partial charge in [0, 0.05) is 23.5 Å². The summed E-state index contributed by atoms with van der Waals surface area (Å²) < 4.78 is 17.5. The van der Waals surface area contributed by atoms with Crippen LogP contribution in [-0.2, 0) is 11.3 Å². The minimum Gasteiger partial charge on any atom is -0.489 e. The van der Waals surface area contributed by atoms with Gasteiger partial charge in [0.05, 0.1) is 5.56 Å². The van der Waals surface area contributed by atoms with E-state index in [2.05, 4.69) is 5.32 Å². The van der Waals surface area contributed by atoms with Gasteiger partial charge < -0.3 is 24.1 Å². The molecule has 3 aromatic rings. The highest BCUT2D eigenvalue weighted by molar-refractivity contribution is 6.07. The molecule has 0 radical (unpaired) electrons. The lowest BCUT2D eigenvalue weighted by molar-refractivity contribution is 0.00500. The number of furan rings is 1. The van der Waals surface area contributed by atoms with Gasteiger partial charge in [-0.2, -0.15) is 0 Å². The van der Waals surface area contributed by atoms with Gasteiger partial charge in [0.2, 0.25) is 0 Å². The van der Waals surface area contributed by atoms with Crippen LogP contribution >= 0.6 is 0 Å². The van der Waals surface area contributed by atoms with E-state index >= 15 is 0 Å². The Bertz CT molecular complexity index is 1250. The maximum absolute atomic E-state index is 13.4. The van der Waals surface area contributed by atoms with Gasteiger partial charge in [-0.05, 0) is 77.1 Å². The van der Waals surface area contributed by atoms with Gasteiger partial charge in [-0.3, -0.25) is 4.79 Å². The van der Waals surface area contributed by atoms with Gasteiger partial charge in [-0.15, -0.1) is 0 Å². The summed E-state index contributed by atoms with van der Waals surface area (Å²) in [5.41, 5.74) is 1.75. The Morgan fingerprint density at radius 2 is 1.75 bits per heavy atom. The van der Waals surface area contributed by atoms with Gasteiger partial charge in [-0.1, -0.05) is 30.3 Å². The molecule has 5 rings (SSSR count). The number of hydrogen-bond donors (Lipinski definition) is 1. The zero-order valence-corrected chi connectivity index (χ0v) is 21.4. The van der Waals surface area contributed by atoms with Crippen LogP contribution in [0, 0.1) is 6.92 Å². The molecule has 1 N–H and O–H groups in total. The molecule has 2 amide bonds. The van der Waals surface area contributed by atoms with E-state index in [0.29, 0.717) is 29.3 Å². The molecule has 2 fully saturated rings. The fraction of sp³-hybridized carbons (Fsp3) is 0.448. The van der Waals surface area contributed by atoms with E-state index in [4.69, 9.17) is 13.9 Å². The Balaban J connectivity index is 1.28. The molecule has 36 heavy (non-hydrogen) atoms. The molecule has 0 saturated carbocycles. The summed E-state index contributed by atoms with van der Waals surface area (Å²) in [6, 6.07) is 15.7. The molecule has 1 aromatic heterocycles. The van der Waals surface area contributed by atoms with Crippen molar-refractivity contribution in [1.29, 1.82) is 0 Å². The average Bonchev–Trinajstić information content (AvgIpc) is 3.29. The highest BCUT2D eigenvalue weighted by atomic mass is 16.6. The summed E-state index contributed by atoms with van der Waals surface area (Å²) >= 11 is 0. The van der Waals surface area contributed by atoms with Crippen molar-refractivity contribution in [2.24, 2.45) is 0 Å². The lowest BCUT2D eigenvalue weighted by atomic mass is 9.97. The molecule has 2 bridgehead atoms. The monoisotopic (exact) mass is 490 g/mol. The number of hydrogen-bond acceptors (Lipinski definition) is 5. The third kappa shape index (κ3) is 5.06. The SMILES string of the molecule is Cc1oc2ccc(OCc3ccccc3)cc2c1C(=O)N[C@H]1CC2CC[C@H](C1)N2C(=O)OC(C)(C)C. The number of amides is 2. The van der Waals surface area contributed by atoms with E-state index in [1.807, 2.05) is 81.1 Å². The van der Waals surface area contributed by atoms with E-state index in [0.717, 1.165) is 36.6 Å². The summed E-state index contributed by atoms with van der Waals surface area (Å²) in [4.78, 5) is 28.1. The normalized spacial score (nSPS) is 21.4. The van der Waals surface area contributed by atoms with E-state index in [-0.39, 0.29) is 30.1 Å². The lowest BCUT2D eigenvalue weighted by Crippen LogP contribution is -2.53. The Hall–Kier alpha value is -3.48. The molecule has 7 nitrogen and oxygen atoms in total. The van der Waals surface area contributed by atoms with Crippen LogP contribution in [0.3, 0.4) is 0 Å². The smallest absolute Gasteiger partial charge is 0.410 e. The number of piperidine rings is 1. The van der Waals surface area contributed by atoms with Gasteiger partial charge >= 0.3 is 6.09 Å². The second-order valence-corrected chi connectivity index (χ2v) is 10.9. The molecule has 2 aromatic carbocycles. The largest absolute Gasteiger partial charge is 0.489 e. The summed E-state index contributed by atoms with van der Waals surface area (Å²) in [5.74, 6) is 1.11. The van der Waals surface area contributed by atoms with Crippen LogP contribution in [0.1, 0.15) is 68.1 Å². The van der Waals surface area contributed by atoms with Crippen LogP contribution in [0.15, 0.2) is 52.9 Å². The number of carbonyl (C=O) groups excluding carboxylic acids is 2. The molecule has 7 heteroatoms. The van der Waals surface area contributed by atoms with Crippen LogP contribution in [0.25, 0.3) is 11.0 Å². The van der Waals surface area contributed by atoms with Crippen molar-refractivity contribution in [3.63, 3.8) is 0 Å². The zero-order chi connectivity index (χ0) is 25.4. The van der Waals surface area contributed by atoms with Crippen molar-refractivity contribution in [3.8, 4) is 5.75 Å². The summed E-state index contributed by atoms with van der Waals surface area (Å²) in [5, 5.41) is 3.96. The highest BCUT2D eigenvalue weighted by Gasteiger charge is 2.45. The van der Waals surface area contributed by atoms with Crippen LogP contribution < -0.4 is 10.1 Å². The van der Waals surface area contributed by atoms with E-state index in [1.54, 1.807) is 0 Å². The predicted molar refractivity (Wildman–Crippen MR) is 137 cm³/mol. The van der Waals surface area contributed by atoms with Gasteiger partial charge in [0.1, 0.15) is 29.3 Å². The number of carbonyl (C=O) groups is 2. The van der Waals surface area contributed by atoms with E-state index in [1.165, 1.54) is 0 Å². The van der Waals surface area contributed by atoms with Crippen LogP contribution in [-0.4, -0.2) is 40.6 Å². The van der Waals surface area contributed by atoms with Crippen LogP contribution in [0.2, 0.25) is 0 Å². The first-order valence-electron chi connectivity index (χ1n) is 12.7. The predicted octanol–water partition coefficient (Wildman–Crippen LogP) is 5.98. The molecule has 2 saturated heterocycles.